The van der Waals surface area contributed by atoms with Crippen molar-refractivity contribution in [2.45, 2.75) is 39.2 Å². The molecule has 22 heavy (non-hydrogen) atoms. The summed E-state index contributed by atoms with van der Waals surface area (Å²) in [5, 5.41) is 2.72. The third-order valence-electron chi connectivity index (χ3n) is 3.55. The number of ether oxygens (including phenoxy) is 2. The SMILES string of the molecule is COc1ccccc1[C@H]1CC(=O)NC(C)=C1C(=O)OC(C)C. The van der Waals surface area contributed by atoms with Crippen LogP contribution in [-0.2, 0) is 14.3 Å². The fraction of sp³-hybridized carbons (Fsp3) is 0.412. The van der Waals surface area contributed by atoms with E-state index in [1.165, 1.54) is 0 Å². The van der Waals surface area contributed by atoms with E-state index >= 15 is 0 Å². The summed E-state index contributed by atoms with van der Waals surface area (Å²) in [6.45, 7) is 5.32. The molecule has 1 aromatic rings. The Kier molecular flexibility index (Phi) is 4.85. The third-order valence-corrected chi connectivity index (χ3v) is 3.55. The van der Waals surface area contributed by atoms with Gasteiger partial charge in [0.2, 0.25) is 5.91 Å². The molecular weight excluding hydrogens is 282 g/mol. The lowest BCUT2D eigenvalue weighted by molar-refractivity contribution is -0.143. The van der Waals surface area contributed by atoms with Crippen LogP contribution in [0.2, 0.25) is 0 Å². The standard InChI is InChI=1S/C17H21NO4/c1-10(2)22-17(20)16-11(3)18-15(19)9-13(16)12-7-5-6-8-14(12)21-4/h5-8,10,13H,9H2,1-4H3,(H,18,19)/t13-/m1/s1. The fourth-order valence-corrected chi connectivity index (χ4v) is 2.67. The molecule has 0 saturated heterocycles. The maximum absolute atomic E-state index is 12.4. The number of amides is 1. The maximum atomic E-state index is 12.4. The highest BCUT2D eigenvalue weighted by molar-refractivity contribution is 5.96. The van der Waals surface area contributed by atoms with E-state index in [0.717, 1.165) is 5.56 Å². The quantitative estimate of drug-likeness (QED) is 0.868. The Morgan fingerprint density at radius 1 is 1.32 bits per heavy atom. The Bertz CT molecular complexity index is 619. The molecule has 0 spiro atoms. The van der Waals surface area contributed by atoms with E-state index in [2.05, 4.69) is 5.32 Å². The van der Waals surface area contributed by atoms with Crippen LogP contribution in [-0.4, -0.2) is 25.1 Å². The average Bonchev–Trinajstić information content (AvgIpc) is 2.45. The van der Waals surface area contributed by atoms with Crippen LogP contribution in [0.15, 0.2) is 35.5 Å². The molecule has 1 N–H and O–H groups in total. The van der Waals surface area contributed by atoms with Crippen molar-refractivity contribution in [2.24, 2.45) is 0 Å². The minimum atomic E-state index is -0.400. The van der Waals surface area contributed by atoms with Gasteiger partial charge in [-0.05, 0) is 26.8 Å². The number of benzene rings is 1. The summed E-state index contributed by atoms with van der Waals surface area (Å²) in [6, 6.07) is 7.42. The van der Waals surface area contributed by atoms with Gasteiger partial charge in [0.15, 0.2) is 0 Å². The average molecular weight is 303 g/mol. The number of hydrogen-bond acceptors (Lipinski definition) is 4. The first-order chi connectivity index (χ1) is 10.4. The molecule has 0 fully saturated rings. The Hall–Kier alpha value is -2.30. The smallest absolute Gasteiger partial charge is 0.336 e. The molecule has 1 aliphatic rings. The number of carbonyl (C=O) groups is 2. The summed E-state index contributed by atoms with van der Waals surface area (Å²) >= 11 is 0. The molecule has 0 aliphatic carbocycles. The van der Waals surface area contributed by atoms with Crippen LogP contribution in [0.1, 0.15) is 38.7 Å². The minimum absolute atomic E-state index is 0.116. The zero-order valence-corrected chi connectivity index (χ0v) is 13.3. The van der Waals surface area contributed by atoms with Crippen LogP contribution < -0.4 is 10.1 Å². The Morgan fingerprint density at radius 3 is 2.64 bits per heavy atom. The van der Waals surface area contributed by atoms with Crippen molar-refractivity contribution in [1.29, 1.82) is 0 Å². The van der Waals surface area contributed by atoms with Crippen molar-refractivity contribution in [3.8, 4) is 5.75 Å². The van der Waals surface area contributed by atoms with Gasteiger partial charge in [-0.25, -0.2) is 4.79 Å². The second-order valence-electron chi connectivity index (χ2n) is 5.54. The molecule has 0 aromatic heterocycles. The lowest BCUT2D eigenvalue weighted by atomic mass is 9.84. The van der Waals surface area contributed by atoms with Gasteiger partial charge in [-0.3, -0.25) is 4.79 Å². The fourth-order valence-electron chi connectivity index (χ4n) is 2.67. The van der Waals surface area contributed by atoms with Gasteiger partial charge in [-0.15, -0.1) is 0 Å². The van der Waals surface area contributed by atoms with E-state index in [1.54, 1.807) is 27.9 Å². The van der Waals surface area contributed by atoms with Crippen LogP contribution >= 0.6 is 0 Å². The number of methoxy groups -OCH3 is 1. The van der Waals surface area contributed by atoms with E-state index in [-0.39, 0.29) is 24.3 Å². The number of esters is 1. The van der Waals surface area contributed by atoms with Crippen molar-refractivity contribution in [2.75, 3.05) is 7.11 Å². The molecule has 1 aromatic carbocycles. The van der Waals surface area contributed by atoms with E-state index in [0.29, 0.717) is 17.0 Å². The first kappa shape index (κ1) is 16.1. The first-order valence-electron chi connectivity index (χ1n) is 7.28. The van der Waals surface area contributed by atoms with Gasteiger partial charge in [0.1, 0.15) is 5.75 Å². The summed E-state index contributed by atoms with van der Waals surface area (Å²) in [5.41, 5.74) is 1.84. The second kappa shape index (κ2) is 6.64. The largest absolute Gasteiger partial charge is 0.496 e. The van der Waals surface area contributed by atoms with Crippen LogP contribution in [0, 0.1) is 0 Å². The summed E-state index contributed by atoms with van der Waals surface area (Å²) < 4.78 is 10.7. The highest BCUT2D eigenvalue weighted by atomic mass is 16.5. The molecule has 0 unspecified atom stereocenters. The third kappa shape index (κ3) is 3.30. The zero-order valence-electron chi connectivity index (χ0n) is 13.3. The number of nitrogens with one attached hydrogen (secondary N) is 1. The number of para-hydroxylation sites is 1. The predicted molar refractivity (Wildman–Crippen MR) is 82.4 cm³/mol. The summed E-state index contributed by atoms with van der Waals surface area (Å²) in [6.07, 6.45) is -0.0241. The van der Waals surface area contributed by atoms with Crippen molar-refractivity contribution in [3.05, 3.63) is 41.1 Å². The number of rotatable bonds is 4. The number of allylic oxidation sites excluding steroid dienone is 1. The van der Waals surface area contributed by atoms with E-state index in [9.17, 15) is 9.59 Å². The molecule has 5 heteroatoms. The van der Waals surface area contributed by atoms with E-state index in [4.69, 9.17) is 9.47 Å². The molecule has 1 amide bonds. The molecule has 118 valence electrons. The Morgan fingerprint density at radius 2 is 2.00 bits per heavy atom. The van der Waals surface area contributed by atoms with Crippen LogP contribution in [0.4, 0.5) is 0 Å². The molecule has 0 radical (unpaired) electrons. The molecular formula is C17H21NO4. The second-order valence-corrected chi connectivity index (χ2v) is 5.54. The topological polar surface area (TPSA) is 64.6 Å². The zero-order chi connectivity index (χ0) is 16.3. The maximum Gasteiger partial charge on any atom is 0.336 e. The van der Waals surface area contributed by atoms with Gasteiger partial charge >= 0.3 is 5.97 Å². The highest BCUT2D eigenvalue weighted by Gasteiger charge is 2.34. The van der Waals surface area contributed by atoms with E-state index < -0.39 is 5.97 Å². The molecule has 0 saturated carbocycles. The highest BCUT2D eigenvalue weighted by Crippen LogP contribution is 2.38. The Balaban J connectivity index is 2.48. The van der Waals surface area contributed by atoms with Crippen molar-refractivity contribution < 1.29 is 19.1 Å². The van der Waals surface area contributed by atoms with Crippen molar-refractivity contribution in [1.82, 2.24) is 5.32 Å². The molecule has 1 aliphatic heterocycles. The Labute approximate surface area is 130 Å². The van der Waals surface area contributed by atoms with Gasteiger partial charge in [0.05, 0.1) is 18.8 Å². The predicted octanol–water partition coefficient (Wildman–Crippen LogP) is 2.52. The minimum Gasteiger partial charge on any atom is -0.496 e. The monoisotopic (exact) mass is 303 g/mol. The molecule has 0 bridgehead atoms. The molecule has 1 heterocycles. The molecule has 5 nitrogen and oxygen atoms in total. The lowest BCUT2D eigenvalue weighted by Gasteiger charge is -2.28. The first-order valence-corrected chi connectivity index (χ1v) is 7.28. The van der Waals surface area contributed by atoms with E-state index in [1.807, 2.05) is 24.3 Å². The van der Waals surface area contributed by atoms with Crippen LogP contribution in [0.5, 0.6) is 5.75 Å². The van der Waals surface area contributed by atoms with Crippen LogP contribution in [0.3, 0.4) is 0 Å². The van der Waals surface area contributed by atoms with Gasteiger partial charge in [-0.2, -0.15) is 0 Å². The lowest BCUT2D eigenvalue weighted by Crippen LogP contribution is -2.34. The normalized spacial score (nSPS) is 18.2. The number of hydrogen-bond donors (Lipinski definition) is 1. The van der Waals surface area contributed by atoms with Crippen molar-refractivity contribution >= 4 is 11.9 Å². The van der Waals surface area contributed by atoms with Gasteiger partial charge in [0, 0.05) is 23.6 Å². The summed E-state index contributed by atoms with van der Waals surface area (Å²) in [5.74, 6) is -0.223. The van der Waals surface area contributed by atoms with Gasteiger partial charge in [0.25, 0.3) is 0 Å². The van der Waals surface area contributed by atoms with Crippen molar-refractivity contribution in [3.63, 3.8) is 0 Å². The summed E-state index contributed by atoms with van der Waals surface area (Å²) in [7, 11) is 1.57. The number of carbonyl (C=O) groups excluding carboxylic acids is 2. The van der Waals surface area contributed by atoms with Gasteiger partial charge < -0.3 is 14.8 Å². The van der Waals surface area contributed by atoms with Crippen LogP contribution in [0.25, 0.3) is 0 Å². The summed E-state index contributed by atoms with van der Waals surface area (Å²) in [4.78, 5) is 24.3. The van der Waals surface area contributed by atoms with Gasteiger partial charge in [-0.1, -0.05) is 18.2 Å². The molecule has 1 atom stereocenters. The molecule has 2 rings (SSSR count).